The first-order valence-electron chi connectivity index (χ1n) is 11.5. The van der Waals surface area contributed by atoms with Gasteiger partial charge in [0.15, 0.2) is 0 Å². The molecule has 28 heavy (non-hydrogen) atoms. The molecule has 0 aromatic carbocycles. The zero-order valence-electron chi connectivity index (χ0n) is 19.0. The molecule has 0 aromatic heterocycles. The normalized spacial score (nSPS) is 13.9. The molecule has 0 heterocycles. The molecule has 2 unspecified atom stereocenters. The van der Waals surface area contributed by atoms with Gasteiger partial charge < -0.3 is 9.66 Å². The molecule has 0 rings (SSSR count). The molecule has 6 heteroatoms. The Labute approximate surface area is 218 Å². The zero-order chi connectivity index (χ0) is 20.4. The Balaban J connectivity index is 0. The van der Waals surface area contributed by atoms with Crippen molar-refractivity contribution in [2.75, 3.05) is 0 Å². The Kier molecular flexibility index (Phi) is 24.6. The van der Waals surface area contributed by atoms with Crippen molar-refractivity contribution in [2.45, 2.75) is 141 Å². The summed E-state index contributed by atoms with van der Waals surface area (Å²) < 4.78 is 32.4. The molecule has 0 bridgehead atoms. The molecule has 4 nitrogen and oxygen atoms in total. The van der Waals surface area contributed by atoms with Gasteiger partial charge in [0.1, 0.15) is 0 Å². The number of unbranched alkanes of at least 4 members (excludes halogenated alkanes) is 13. The van der Waals surface area contributed by atoms with Gasteiger partial charge in [0.2, 0.25) is 0 Å². The first-order chi connectivity index (χ1) is 12.9. The van der Waals surface area contributed by atoms with Crippen LogP contribution in [-0.2, 0) is 10.1 Å². The summed E-state index contributed by atoms with van der Waals surface area (Å²) in [7, 11) is -4.11. The van der Waals surface area contributed by atoms with Gasteiger partial charge in [-0.15, -0.1) is 0 Å². The minimum Gasteiger partial charge on any atom is -0.748 e. The number of aliphatic hydroxyl groups excluding tert-OH is 1. The minimum absolute atomic E-state index is 0. The molecule has 0 amide bonds. The summed E-state index contributed by atoms with van der Waals surface area (Å²) in [5.74, 6) is 0. The summed E-state index contributed by atoms with van der Waals surface area (Å²) in [6, 6.07) is 0. The standard InChI is InChI=1S/C22H46O4S.K/c1-3-4-5-6-7-8-9-13-16-19-22(23)20-17-14-11-10-12-15-18-21(2)27(24,25)26;/h21-23H,3-20H2,1-2H3,(H,24,25,26);/q;+1/p-1. The van der Waals surface area contributed by atoms with E-state index in [1.807, 2.05) is 0 Å². The van der Waals surface area contributed by atoms with E-state index in [-0.39, 0.29) is 57.5 Å². The maximum absolute atomic E-state index is 10.8. The van der Waals surface area contributed by atoms with E-state index in [0.717, 1.165) is 57.8 Å². The molecule has 0 radical (unpaired) electrons. The van der Waals surface area contributed by atoms with Crippen LogP contribution in [0.1, 0.15) is 129 Å². The van der Waals surface area contributed by atoms with E-state index in [1.165, 1.54) is 58.3 Å². The molecule has 0 fully saturated rings. The maximum Gasteiger partial charge on any atom is 1.00 e. The van der Waals surface area contributed by atoms with Gasteiger partial charge in [-0.1, -0.05) is 103 Å². The maximum atomic E-state index is 10.8. The van der Waals surface area contributed by atoms with Crippen LogP contribution in [0.5, 0.6) is 0 Å². The van der Waals surface area contributed by atoms with E-state index in [1.54, 1.807) is 0 Å². The second-order valence-electron chi connectivity index (χ2n) is 8.27. The molecule has 0 spiro atoms. The van der Waals surface area contributed by atoms with Crippen molar-refractivity contribution in [3.63, 3.8) is 0 Å². The monoisotopic (exact) mass is 444 g/mol. The van der Waals surface area contributed by atoms with Gasteiger partial charge in [0.25, 0.3) is 0 Å². The summed E-state index contributed by atoms with van der Waals surface area (Å²) in [5.41, 5.74) is 0. The van der Waals surface area contributed by atoms with E-state index in [2.05, 4.69) is 6.92 Å². The van der Waals surface area contributed by atoms with Gasteiger partial charge in [0.05, 0.1) is 16.2 Å². The van der Waals surface area contributed by atoms with Crippen LogP contribution in [0.15, 0.2) is 0 Å². The second kappa shape index (κ2) is 21.7. The van der Waals surface area contributed by atoms with Crippen molar-refractivity contribution in [2.24, 2.45) is 0 Å². The van der Waals surface area contributed by atoms with Crippen LogP contribution >= 0.6 is 0 Å². The van der Waals surface area contributed by atoms with Crippen LogP contribution in [0.4, 0.5) is 0 Å². The van der Waals surface area contributed by atoms with Crippen LogP contribution in [0, 0.1) is 0 Å². The summed E-state index contributed by atoms with van der Waals surface area (Å²) in [6.07, 6.45) is 20.3. The van der Waals surface area contributed by atoms with Gasteiger partial charge >= 0.3 is 51.4 Å². The van der Waals surface area contributed by atoms with Crippen molar-refractivity contribution in [3.05, 3.63) is 0 Å². The summed E-state index contributed by atoms with van der Waals surface area (Å²) in [6.45, 7) is 3.75. The molecule has 0 saturated heterocycles. The van der Waals surface area contributed by atoms with Gasteiger partial charge in [-0.05, 0) is 26.2 Å². The van der Waals surface area contributed by atoms with Gasteiger partial charge in [-0.25, -0.2) is 8.42 Å². The molecule has 0 aliphatic heterocycles. The third kappa shape index (κ3) is 22.2. The van der Waals surface area contributed by atoms with Crippen molar-refractivity contribution < 1.29 is 69.5 Å². The SMILES string of the molecule is CCCCCCCCCCCC(O)CCCCCCCCC(C)S(=O)(=O)[O-].[K+]. The Hall–Kier alpha value is 1.51. The fraction of sp³-hybridized carbons (Fsp3) is 1.00. The number of rotatable bonds is 20. The van der Waals surface area contributed by atoms with Crippen LogP contribution in [0.3, 0.4) is 0 Å². The average molecular weight is 445 g/mol. The van der Waals surface area contributed by atoms with Gasteiger partial charge in [-0.2, -0.15) is 0 Å². The smallest absolute Gasteiger partial charge is 0.748 e. The van der Waals surface area contributed by atoms with Crippen molar-refractivity contribution in [3.8, 4) is 0 Å². The van der Waals surface area contributed by atoms with E-state index in [4.69, 9.17) is 0 Å². The molecule has 164 valence electrons. The minimum atomic E-state index is -4.11. The third-order valence-corrected chi connectivity index (χ3v) is 6.75. The van der Waals surface area contributed by atoms with Crippen molar-refractivity contribution in [1.29, 1.82) is 0 Å². The topological polar surface area (TPSA) is 77.4 Å². The average Bonchev–Trinajstić information content (AvgIpc) is 2.61. The molecule has 0 aromatic rings. The Morgan fingerprint density at radius 2 is 1.00 bits per heavy atom. The predicted molar refractivity (Wildman–Crippen MR) is 114 cm³/mol. The molecule has 2 atom stereocenters. The Morgan fingerprint density at radius 3 is 1.36 bits per heavy atom. The first kappa shape index (κ1) is 31.7. The molecule has 1 N–H and O–H groups in total. The van der Waals surface area contributed by atoms with E-state index < -0.39 is 15.4 Å². The largest absolute Gasteiger partial charge is 1.00 e. The van der Waals surface area contributed by atoms with Crippen molar-refractivity contribution in [1.82, 2.24) is 0 Å². The van der Waals surface area contributed by atoms with E-state index in [9.17, 15) is 18.1 Å². The van der Waals surface area contributed by atoms with Crippen LogP contribution in [0.2, 0.25) is 0 Å². The molecule has 0 aliphatic rings. The van der Waals surface area contributed by atoms with Gasteiger partial charge in [-0.3, -0.25) is 0 Å². The van der Waals surface area contributed by atoms with Crippen LogP contribution < -0.4 is 51.4 Å². The second-order valence-corrected chi connectivity index (χ2v) is 10.1. The van der Waals surface area contributed by atoms with Gasteiger partial charge in [0, 0.05) is 5.25 Å². The summed E-state index contributed by atoms with van der Waals surface area (Å²) >= 11 is 0. The van der Waals surface area contributed by atoms with E-state index >= 15 is 0 Å². The predicted octanol–water partition coefficient (Wildman–Crippen LogP) is 3.33. The Morgan fingerprint density at radius 1 is 0.679 bits per heavy atom. The van der Waals surface area contributed by atoms with Crippen LogP contribution in [0.25, 0.3) is 0 Å². The zero-order valence-corrected chi connectivity index (χ0v) is 22.9. The fourth-order valence-corrected chi connectivity index (χ4v) is 3.95. The van der Waals surface area contributed by atoms with Crippen molar-refractivity contribution >= 4 is 10.1 Å². The summed E-state index contributed by atoms with van der Waals surface area (Å²) in [5, 5.41) is 9.28. The number of hydrogen-bond acceptors (Lipinski definition) is 4. The third-order valence-electron chi connectivity index (χ3n) is 5.53. The first-order valence-corrected chi connectivity index (χ1v) is 13.0. The van der Waals surface area contributed by atoms with E-state index in [0.29, 0.717) is 6.42 Å². The summed E-state index contributed by atoms with van der Waals surface area (Å²) in [4.78, 5) is 0. The molecule has 0 aliphatic carbocycles. The number of aliphatic hydroxyl groups is 1. The molecule has 0 saturated carbocycles. The molecular formula is C22H45KO4S. The quantitative estimate of drug-likeness (QED) is 0.177. The number of hydrogen-bond donors (Lipinski definition) is 1. The van der Waals surface area contributed by atoms with Crippen LogP contribution in [-0.4, -0.2) is 29.4 Å². The Bertz CT molecular complexity index is 415. The molecular weight excluding hydrogens is 399 g/mol. The fourth-order valence-electron chi connectivity index (χ4n) is 3.50.